The molecule has 1 aliphatic carbocycles. The predicted molar refractivity (Wildman–Crippen MR) is 89.6 cm³/mol. The molecule has 0 spiro atoms. The molecule has 0 bridgehead atoms. The van der Waals surface area contributed by atoms with Gasteiger partial charge in [-0.15, -0.1) is 0 Å². The molecule has 1 aliphatic rings. The van der Waals surface area contributed by atoms with Gasteiger partial charge >= 0.3 is 11.9 Å². The zero-order valence-electron chi connectivity index (χ0n) is 14.3. The molecule has 0 radical (unpaired) electrons. The summed E-state index contributed by atoms with van der Waals surface area (Å²) in [7, 11) is 2.36. The third-order valence-corrected chi connectivity index (χ3v) is 3.93. The summed E-state index contributed by atoms with van der Waals surface area (Å²) in [5.74, 6) is -1.87. The number of anilines is 1. The van der Waals surface area contributed by atoms with Gasteiger partial charge in [-0.1, -0.05) is 6.42 Å². The van der Waals surface area contributed by atoms with Gasteiger partial charge < -0.3 is 19.5 Å². The zero-order valence-corrected chi connectivity index (χ0v) is 14.3. The van der Waals surface area contributed by atoms with Crippen LogP contribution in [-0.4, -0.2) is 32.3 Å². The maximum absolute atomic E-state index is 14.3. The summed E-state index contributed by atoms with van der Waals surface area (Å²) in [6, 6.07) is 4.26. The van der Waals surface area contributed by atoms with Crippen molar-refractivity contribution in [2.75, 3.05) is 19.5 Å². The van der Waals surface area contributed by atoms with E-state index in [0.29, 0.717) is 0 Å². The number of carbonyl (C=O) groups is 2. The number of hydrogen-bond acceptors (Lipinski definition) is 6. The summed E-state index contributed by atoms with van der Waals surface area (Å²) < 4.78 is 29.1. The van der Waals surface area contributed by atoms with Gasteiger partial charge in [-0.25, -0.2) is 14.0 Å². The van der Waals surface area contributed by atoms with Crippen LogP contribution in [0.15, 0.2) is 30.0 Å². The number of benzene rings is 1. The van der Waals surface area contributed by atoms with Crippen molar-refractivity contribution < 1.29 is 28.2 Å². The molecule has 1 saturated carbocycles. The minimum absolute atomic E-state index is 0.0342. The van der Waals surface area contributed by atoms with Gasteiger partial charge in [0.2, 0.25) is 0 Å². The van der Waals surface area contributed by atoms with Gasteiger partial charge in [0.1, 0.15) is 5.70 Å². The predicted octanol–water partition coefficient (Wildman–Crippen LogP) is 3.18. The lowest BCUT2D eigenvalue weighted by molar-refractivity contribution is -0.138. The average Bonchev–Trinajstić information content (AvgIpc) is 2.63. The molecule has 0 atom stereocenters. The van der Waals surface area contributed by atoms with E-state index < -0.39 is 17.8 Å². The van der Waals surface area contributed by atoms with Crippen molar-refractivity contribution in [3.05, 3.63) is 35.8 Å². The Balaban J connectivity index is 2.10. The van der Waals surface area contributed by atoms with E-state index in [0.717, 1.165) is 31.8 Å². The number of halogens is 1. The summed E-state index contributed by atoms with van der Waals surface area (Å²) in [6.45, 7) is 0. The molecule has 1 aromatic rings. The topological polar surface area (TPSA) is 73.9 Å². The summed E-state index contributed by atoms with van der Waals surface area (Å²) in [5.41, 5.74) is 0.128. The Morgan fingerprint density at radius 1 is 1.16 bits per heavy atom. The molecule has 136 valence electrons. The molecule has 1 N–H and O–H groups in total. The quantitative estimate of drug-likeness (QED) is 0.627. The van der Waals surface area contributed by atoms with E-state index in [-0.39, 0.29) is 23.2 Å². The van der Waals surface area contributed by atoms with Crippen LogP contribution < -0.4 is 10.1 Å². The number of hydrogen-bond donors (Lipinski definition) is 1. The number of rotatable bonds is 6. The molecule has 1 aromatic carbocycles. The second-order valence-electron chi connectivity index (χ2n) is 5.72. The molecular formula is C18H22FNO5. The van der Waals surface area contributed by atoms with Gasteiger partial charge in [0.25, 0.3) is 0 Å². The van der Waals surface area contributed by atoms with Crippen LogP contribution in [-0.2, 0) is 19.1 Å². The Morgan fingerprint density at radius 2 is 1.88 bits per heavy atom. The lowest BCUT2D eigenvalue weighted by atomic mass is 9.98. The highest BCUT2D eigenvalue weighted by molar-refractivity contribution is 5.98. The van der Waals surface area contributed by atoms with Crippen LogP contribution in [0.25, 0.3) is 0 Å². The lowest BCUT2D eigenvalue weighted by Crippen LogP contribution is -2.20. The molecule has 1 fully saturated rings. The van der Waals surface area contributed by atoms with E-state index in [2.05, 4.69) is 14.8 Å². The van der Waals surface area contributed by atoms with Gasteiger partial charge in [0.05, 0.1) is 26.4 Å². The van der Waals surface area contributed by atoms with Crippen LogP contribution in [0.1, 0.15) is 32.1 Å². The molecule has 2 rings (SSSR count). The van der Waals surface area contributed by atoms with Crippen LogP contribution in [0.5, 0.6) is 5.75 Å². The minimum atomic E-state index is -0.770. The Kier molecular flexibility index (Phi) is 6.80. The normalized spacial score (nSPS) is 15.4. The number of carbonyl (C=O) groups excluding carboxylic acids is 2. The fraction of sp³-hybridized carbons (Fsp3) is 0.444. The Hall–Kier alpha value is -2.57. The maximum atomic E-state index is 14.3. The van der Waals surface area contributed by atoms with Gasteiger partial charge in [0.15, 0.2) is 11.6 Å². The van der Waals surface area contributed by atoms with Crippen molar-refractivity contribution in [3.8, 4) is 5.75 Å². The zero-order chi connectivity index (χ0) is 18.2. The molecule has 0 saturated heterocycles. The third-order valence-electron chi connectivity index (χ3n) is 3.93. The highest BCUT2D eigenvalue weighted by atomic mass is 19.1. The first-order chi connectivity index (χ1) is 12.0. The molecule has 0 unspecified atom stereocenters. The van der Waals surface area contributed by atoms with E-state index in [1.165, 1.54) is 32.8 Å². The van der Waals surface area contributed by atoms with Crippen LogP contribution in [0.4, 0.5) is 10.1 Å². The first-order valence-electron chi connectivity index (χ1n) is 8.14. The fourth-order valence-corrected chi connectivity index (χ4v) is 2.62. The van der Waals surface area contributed by atoms with Crippen molar-refractivity contribution in [3.63, 3.8) is 0 Å². The third kappa shape index (κ3) is 5.48. The van der Waals surface area contributed by atoms with Gasteiger partial charge in [0, 0.05) is 11.8 Å². The van der Waals surface area contributed by atoms with Crippen molar-refractivity contribution >= 4 is 17.6 Å². The van der Waals surface area contributed by atoms with Gasteiger partial charge in [-0.3, -0.25) is 0 Å². The second kappa shape index (κ2) is 9.05. The van der Waals surface area contributed by atoms with Crippen molar-refractivity contribution in [2.45, 2.75) is 38.2 Å². The Bertz CT molecular complexity index is 653. The number of nitrogens with one attached hydrogen (secondary N) is 1. The molecule has 0 aromatic heterocycles. The van der Waals surface area contributed by atoms with Crippen molar-refractivity contribution in [1.82, 2.24) is 0 Å². The molecule has 0 amide bonds. The van der Waals surface area contributed by atoms with Crippen LogP contribution in [0.3, 0.4) is 0 Å². The average molecular weight is 351 g/mol. The van der Waals surface area contributed by atoms with Gasteiger partial charge in [-0.05, 0) is 37.8 Å². The summed E-state index contributed by atoms with van der Waals surface area (Å²) >= 11 is 0. The summed E-state index contributed by atoms with van der Waals surface area (Å²) in [4.78, 5) is 23.0. The van der Waals surface area contributed by atoms with E-state index in [4.69, 9.17) is 4.74 Å². The van der Waals surface area contributed by atoms with Gasteiger partial charge in [-0.2, -0.15) is 0 Å². The molecule has 7 heteroatoms. The van der Waals surface area contributed by atoms with Crippen molar-refractivity contribution in [1.29, 1.82) is 0 Å². The second-order valence-corrected chi connectivity index (χ2v) is 5.72. The fourth-order valence-electron chi connectivity index (χ4n) is 2.62. The summed E-state index contributed by atoms with van der Waals surface area (Å²) in [6.07, 6.45) is 6.19. The van der Waals surface area contributed by atoms with Crippen LogP contribution in [0, 0.1) is 5.82 Å². The van der Waals surface area contributed by atoms with E-state index in [9.17, 15) is 14.0 Å². The Morgan fingerprint density at radius 3 is 2.48 bits per heavy atom. The van der Waals surface area contributed by atoms with E-state index in [1.807, 2.05) is 0 Å². The smallest absolute Gasteiger partial charge is 0.354 e. The molecule has 0 aliphatic heterocycles. The largest absolute Gasteiger partial charge is 0.487 e. The standard InChI is InChI=1S/C18H22FNO5/c1-23-17(21)11-15(18(22)24-2)20-12-8-9-16(14(19)10-12)25-13-6-4-3-5-7-13/h8-11,13,20H,3-7H2,1-2H3/b15-11+. The Labute approximate surface area is 145 Å². The molecular weight excluding hydrogens is 329 g/mol. The minimum Gasteiger partial charge on any atom is -0.487 e. The number of esters is 2. The van der Waals surface area contributed by atoms with E-state index in [1.54, 1.807) is 6.07 Å². The first-order valence-corrected chi connectivity index (χ1v) is 8.14. The maximum Gasteiger partial charge on any atom is 0.354 e. The highest BCUT2D eigenvalue weighted by Gasteiger charge is 2.18. The lowest BCUT2D eigenvalue weighted by Gasteiger charge is -2.23. The number of ether oxygens (including phenoxy) is 3. The first kappa shape index (κ1) is 18.8. The van der Waals surface area contributed by atoms with Crippen molar-refractivity contribution in [2.24, 2.45) is 0 Å². The SMILES string of the molecule is COC(=O)/C=C(/Nc1ccc(OC2CCCCC2)c(F)c1)C(=O)OC. The summed E-state index contributed by atoms with van der Waals surface area (Å²) in [5, 5.41) is 2.66. The monoisotopic (exact) mass is 351 g/mol. The molecule has 0 heterocycles. The molecule has 25 heavy (non-hydrogen) atoms. The highest BCUT2D eigenvalue weighted by Crippen LogP contribution is 2.27. The van der Waals surface area contributed by atoms with E-state index >= 15 is 0 Å². The number of methoxy groups -OCH3 is 2. The molecule has 6 nitrogen and oxygen atoms in total. The van der Waals surface area contributed by atoms with Crippen LogP contribution >= 0.6 is 0 Å². The van der Waals surface area contributed by atoms with Crippen LogP contribution in [0.2, 0.25) is 0 Å².